The lowest BCUT2D eigenvalue weighted by Gasteiger charge is -2.27. The molecule has 2 aliphatic rings. The maximum Gasteiger partial charge on any atom is 0.191 e. The summed E-state index contributed by atoms with van der Waals surface area (Å²) in [7, 11) is 1.86. The highest BCUT2D eigenvalue weighted by Crippen LogP contribution is 2.13. The van der Waals surface area contributed by atoms with E-state index in [4.69, 9.17) is 0 Å². The molecule has 1 atom stereocenters. The number of nitrogens with zero attached hydrogens (tertiary/aromatic N) is 2. The average Bonchev–Trinajstić information content (AvgIpc) is 3.11. The van der Waals surface area contributed by atoms with Crippen LogP contribution in [0.1, 0.15) is 39.0 Å². The van der Waals surface area contributed by atoms with Crippen LogP contribution in [0.5, 0.6) is 0 Å². The molecule has 0 aromatic carbocycles. The maximum absolute atomic E-state index is 4.33. The third-order valence-electron chi connectivity index (χ3n) is 4.21. The minimum atomic E-state index is 0.526. The van der Waals surface area contributed by atoms with Gasteiger partial charge in [0, 0.05) is 25.7 Å². The molecule has 4 heteroatoms. The zero-order valence-electron chi connectivity index (χ0n) is 12.4. The van der Waals surface area contributed by atoms with Crippen LogP contribution in [-0.2, 0) is 0 Å². The van der Waals surface area contributed by atoms with E-state index >= 15 is 0 Å². The lowest BCUT2D eigenvalue weighted by atomic mass is 10.2. The van der Waals surface area contributed by atoms with Gasteiger partial charge in [0.25, 0.3) is 0 Å². The van der Waals surface area contributed by atoms with Crippen molar-refractivity contribution >= 4 is 5.96 Å². The molecule has 1 unspecified atom stereocenters. The van der Waals surface area contributed by atoms with Gasteiger partial charge in [-0.3, -0.25) is 9.89 Å². The highest BCUT2D eigenvalue weighted by Gasteiger charge is 2.20. The van der Waals surface area contributed by atoms with Gasteiger partial charge in [0.15, 0.2) is 5.96 Å². The summed E-state index contributed by atoms with van der Waals surface area (Å²) in [6, 6.07) is 1.17. The fourth-order valence-electron chi connectivity index (χ4n) is 2.98. The van der Waals surface area contributed by atoms with Gasteiger partial charge in [0.1, 0.15) is 0 Å². The molecule has 1 saturated heterocycles. The van der Waals surface area contributed by atoms with Crippen molar-refractivity contribution < 1.29 is 0 Å². The van der Waals surface area contributed by atoms with Crippen LogP contribution in [0.25, 0.3) is 0 Å². The van der Waals surface area contributed by atoms with Gasteiger partial charge in [0.2, 0.25) is 0 Å². The molecular weight excluding hydrogens is 236 g/mol. The van der Waals surface area contributed by atoms with Crippen LogP contribution in [0.4, 0.5) is 0 Å². The van der Waals surface area contributed by atoms with Crippen LogP contribution in [0.2, 0.25) is 0 Å². The van der Waals surface area contributed by atoms with E-state index in [1.807, 2.05) is 7.05 Å². The molecule has 1 aliphatic heterocycles. The predicted molar refractivity (Wildman–Crippen MR) is 81.5 cm³/mol. The van der Waals surface area contributed by atoms with Crippen molar-refractivity contribution in [2.45, 2.75) is 51.1 Å². The highest BCUT2D eigenvalue weighted by molar-refractivity contribution is 5.80. The van der Waals surface area contributed by atoms with E-state index in [9.17, 15) is 0 Å². The third-order valence-corrected chi connectivity index (χ3v) is 4.21. The molecule has 0 bridgehead atoms. The smallest absolute Gasteiger partial charge is 0.191 e. The molecule has 2 N–H and O–H groups in total. The molecule has 1 aliphatic carbocycles. The average molecular weight is 264 g/mol. The molecule has 4 nitrogen and oxygen atoms in total. The van der Waals surface area contributed by atoms with Crippen LogP contribution in [0, 0.1) is 0 Å². The van der Waals surface area contributed by atoms with Gasteiger partial charge < -0.3 is 10.6 Å². The summed E-state index contributed by atoms with van der Waals surface area (Å²) >= 11 is 0. The Morgan fingerprint density at radius 3 is 2.58 bits per heavy atom. The lowest BCUT2D eigenvalue weighted by Crippen LogP contribution is -2.48. The van der Waals surface area contributed by atoms with Crippen molar-refractivity contribution in [3.8, 4) is 0 Å². The normalized spacial score (nSPS) is 22.9. The zero-order chi connectivity index (χ0) is 13.5. The predicted octanol–water partition coefficient (Wildman–Crippen LogP) is 1.74. The van der Waals surface area contributed by atoms with E-state index in [0.717, 1.165) is 25.3 Å². The molecule has 0 saturated carbocycles. The van der Waals surface area contributed by atoms with Gasteiger partial charge in [-0.1, -0.05) is 19.1 Å². The SMILES string of the molecule is CCC(CNC(=NC)NC1CC=CC1)N1CCCC1. The van der Waals surface area contributed by atoms with E-state index in [0.29, 0.717) is 12.1 Å². The standard InChI is InChI=1S/C15H28N4/c1-3-14(19-10-6-7-11-19)12-17-15(16-2)18-13-8-4-5-9-13/h4-5,13-14H,3,6-12H2,1-2H3,(H2,16,17,18). The topological polar surface area (TPSA) is 39.7 Å². The zero-order valence-corrected chi connectivity index (χ0v) is 12.4. The molecule has 0 aromatic rings. The van der Waals surface area contributed by atoms with E-state index in [1.54, 1.807) is 0 Å². The second kappa shape index (κ2) is 7.53. The summed E-state index contributed by atoms with van der Waals surface area (Å²) in [5.74, 6) is 0.950. The minimum absolute atomic E-state index is 0.526. The molecule has 1 heterocycles. The fourth-order valence-corrected chi connectivity index (χ4v) is 2.98. The Morgan fingerprint density at radius 1 is 1.32 bits per heavy atom. The van der Waals surface area contributed by atoms with Crippen molar-refractivity contribution in [1.82, 2.24) is 15.5 Å². The first-order valence-electron chi connectivity index (χ1n) is 7.69. The Hall–Kier alpha value is -1.03. The van der Waals surface area contributed by atoms with Gasteiger partial charge in [-0.05, 0) is 45.2 Å². The Morgan fingerprint density at radius 2 is 2.00 bits per heavy atom. The quantitative estimate of drug-likeness (QED) is 0.451. The lowest BCUT2D eigenvalue weighted by molar-refractivity contribution is 0.236. The second-order valence-electron chi connectivity index (χ2n) is 5.54. The van der Waals surface area contributed by atoms with Crippen LogP contribution in [0.3, 0.4) is 0 Å². The number of likely N-dealkylation sites (tertiary alicyclic amines) is 1. The van der Waals surface area contributed by atoms with Gasteiger partial charge in [-0.2, -0.15) is 0 Å². The third kappa shape index (κ3) is 4.23. The Kier molecular flexibility index (Phi) is 5.70. The monoisotopic (exact) mass is 264 g/mol. The van der Waals surface area contributed by atoms with Crippen LogP contribution in [0.15, 0.2) is 17.1 Å². The summed E-state index contributed by atoms with van der Waals surface area (Å²) in [6.45, 7) is 5.80. The van der Waals surface area contributed by atoms with Gasteiger partial charge in [0.05, 0.1) is 0 Å². The Labute approximate surface area is 117 Å². The molecule has 19 heavy (non-hydrogen) atoms. The molecule has 2 rings (SSSR count). The number of hydrogen-bond donors (Lipinski definition) is 2. The number of aliphatic imine (C=N–C) groups is 1. The van der Waals surface area contributed by atoms with E-state index in [1.165, 1.54) is 32.4 Å². The fraction of sp³-hybridized carbons (Fsp3) is 0.800. The Bertz CT molecular complexity index is 310. The number of rotatable bonds is 5. The van der Waals surface area contributed by atoms with Crippen LogP contribution >= 0.6 is 0 Å². The molecular formula is C15H28N4. The number of hydrogen-bond acceptors (Lipinski definition) is 2. The largest absolute Gasteiger partial charge is 0.355 e. The summed E-state index contributed by atoms with van der Waals surface area (Å²) < 4.78 is 0. The van der Waals surface area contributed by atoms with Gasteiger partial charge in [-0.15, -0.1) is 0 Å². The number of guanidine groups is 1. The first-order chi connectivity index (χ1) is 9.33. The molecule has 0 aromatic heterocycles. The summed E-state index contributed by atoms with van der Waals surface area (Å²) in [6.07, 6.45) is 10.6. The van der Waals surface area contributed by atoms with Gasteiger partial charge in [-0.25, -0.2) is 0 Å². The molecule has 0 radical (unpaired) electrons. The highest BCUT2D eigenvalue weighted by atomic mass is 15.2. The molecule has 0 spiro atoms. The minimum Gasteiger partial charge on any atom is -0.355 e. The van der Waals surface area contributed by atoms with Crippen LogP contribution in [-0.4, -0.2) is 49.6 Å². The first kappa shape index (κ1) is 14.4. The van der Waals surface area contributed by atoms with Crippen molar-refractivity contribution in [3.63, 3.8) is 0 Å². The van der Waals surface area contributed by atoms with E-state index in [2.05, 4.69) is 39.6 Å². The molecule has 1 fully saturated rings. The molecule has 108 valence electrons. The number of nitrogens with one attached hydrogen (secondary N) is 2. The summed E-state index contributed by atoms with van der Waals surface area (Å²) in [4.78, 5) is 6.94. The summed E-state index contributed by atoms with van der Waals surface area (Å²) in [5, 5.41) is 6.99. The maximum atomic E-state index is 4.33. The van der Waals surface area contributed by atoms with Crippen molar-refractivity contribution in [2.24, 2.45) is 4.99 Å². The van der Waals surface area contributed by atoms with Crippen molar-refractivity contribution in [3.05, 3.63) is 12.2 Å². The van der Waals surface area contributed by atoms with Crippen molar-refractivity contribution in [1.29, 1.82) is 0 Å². The van der Waals surface area contributed by atoms with E-state index in [-0.39, 0.29) is 0 Å². The summed E-state index contributed by atoms with van der Waals surface area (Å²) in [5.41, 5.74) is 0. The second-order valence-corrected chi connectivity index (χ2v) is 5.54. The Balaban J connectivity index is 1.74. The van der Waals surface area contributed by atoms with E-state index < -0.39 is 0 Å². The first-order valence-corrected chi connectivity index (χ1v) is 7.69. The van der Waals surface area contributed by atoms with Gasteiger partial charge >= 0.3 is 0 Å². The van der Waals surface area contributed by atoms with Crippen LogP contribution < -0.4 is 10.6 Å². The van der Waals surface area contributed by atoms with Crippen molar-refractivity contribution in [2.75, 3.05) is 26.7 Å². The molecule has 0 amide bonds.